The van der Waals surface area contributed by atoms with E-state index < -0.39 is 0 Å². The number of ether oxygens (including phenoxy) is 1. The highest BCUT2D eigenvalue weighted by Crippen LogP contribution is 2.09. The maximum absolute atomic E-state index is 5.44. The van der Waals surface area contributed by atoms with Gasteiger partial charge in [-0.15, -0.1) is 0 Å². The Balaban J connectivity index is 2.54. The molecule has 0 spiro atoms. The van der Waals surface area contributed by atoms with Crippen LogP contribution in [0.15, 0.2) is 12.3 Å². The minimum absolute atomic E-state index is 0.302. The molecule has 2 atom stereocenters. The Hall–Kier alpha value is -0.500. The highest BCUT2D eigenvalue weighted by molar-refractivity contribution is 4.82. The van der Waals surface area contributed by atoms with E-state index in [4.69, 9.17) is 4.74 Å². The molecule has 1 aliphatic rings. The molecule has 0 amide bonds. The molecule has 0 fully saturated rings. The van der Waals surface area contributed by atoms with Crippen molar-refractivity contribution in [3.05, 3.63) is 12.3 Å². The fourth-order valence-electron chi connectivity index (χ4n) is 1.20. The average molecular weight is 155 g/mol. The first-order chi connectivity index (χ1) is 5.22. The summed E-state index contributed by atoms with van der Waals surface area (Å²) < 4.78 is 5.44. The second-order valence-electron chi connectivity index (χ2n) is 3.22. The quantitative estimate of drug-likeness (QED) is 0.527. The Morgan fingerprint density at radius 1 is 1.45 bits per heavy atom. The molecule has 2 unspecified atom stereocenters. The highest BCUT2D eigenvalue weighted by atomic mass is 16.5. The zero-order valence-electron chi connectivity index (χ0n) is 7.58. The van der Waals surface area contributed by atoms with Crippen LogP contribution in [-0.4, -0.2) is 30.6 Å². The van der Waals surface area contributed by atoms with E-state index in [1.165, 1.54) is 0 Å². The van der Waals surface area contributed by atoms with Crippen molar-refractivity contribution in [3.63, 3.8) is 0 Å². The number of nitrogens with zero attached hydrogens (tertiary/aromatic N) is 1. The van der Waals surface area contributed by atoms with Gasteiger partial charge in [-0.1, -0.05) is 0 Å². The van der Waals surface area contributed by atoms with Gasteiger partial charge in [0, 0.05) is 12.6 Å². The van der Waals surface area contributed by atoms with Crippen LogP contribution in [0.5, 0.6) is 0 Å². The van der Waals surface area contributed by atoms with Crippen LogP contribution in [0.25, 0.3) is 0 Å². The van der Waals surface area contributed by atoms with E-state index in [2.05, 4.69) is 31.9 Å². The number of likely N-dealkylation sites (N-methyl/N-ethyl adjacent to an activating group) is 1. The standard InChI is InChI=1S/C9H17NO/c1-8-9(2)11-7-5-4-6-10(8)3/h5,7-9H,4,6H2,1-3H3. The molecule has 0 bridgehead atoms. The lowest BCUT2D eigenvalue weighted by Gasteiger charge is -2.30. The zero-order valence-corrected chi connectivity index (χ0v) is 7.58. The van der Waals surface area contributed by atoms with Crippen LogP contribution in [-0.2, 0) is 4.74 Å². The lowest BCUT2D eigenvalue weighted by Crippen LogP contribution is -2.39. The van der Waals surface area contributed by atoms with Crippen LogP contribution in [0.4, 0.5) is 0 Å². The molecule has 0 saturated heterocycles. The second-order valence-corrected chi connectivity index (χ2v) is 3.22. The number of hydrogen-bond acceptors (Lipinski definition) is 2. The Bertz CT molecular complexity index is 144. The first-order valence-electron chi connectivity index (χ1n) is 4.22. The van der Waals surface area contributed by atoms with Crippen molar-refractivity contribution in [2.24, 2.45) is 0 Å². The fourth-order valence-corrected chi connectivity index (χ4v) is 1.20. The monoisotopic (exact) mass is 155 g/mol. The largest absolute Gasteiger partial charge is 0.497 e. The van der Waals surface area contributed by atoms with Crippen molar-refractivity contribution < 1.29 is 4.74 Å². The summed E-state index contributed by atoms with van der Waals surface area (Å²) in [5, 5.41) is 0. The maximum Gasteiger partial charge on any atom is 0.110 e. The number of rotatable bonds is 0. The summed E-state index contributed by atoms with van der Waals surface area (Å²) in [6, 6.07) is 0.514. The molecule has 0 saturated carbocycles. The van der Waals surface area contributed by atoms with Gasteiger partial charge in [-0.3, -0.25) is 4.90 Å². The molecule has 0 aromatic rings. The van der Waals surface area contributed by atoms with Gasteiger partial charge in [0.25, 0.3) is 0 Å². The Morgan fingerprint density at radius 2 is 2.18 bits per heavy atom. The van der Waals surface area contributed by atoms with E-state index in [1.807, 2.05) is 6.26 Å². The van der Waals surface area contributed by atoms with Gasteiger partial charge in [0.05, 0.1) is 6.26 Å². The smallest absolute Gasteiger partial charge is 0.110 e. The van der Waals surface area contributed by atoms with E-state index in [-0.39, 0.29) is 0 Å². The van der Waals surface area contributed by atoms with Crippen LogP contribution in [0.2, 0.25) is 0 Å². The zero-order chi connectivity index (χ0) is 8.27. The molecule has 11 heavy (non-hydrogen) atoms. The van der Waals surface area contributed by atoms with E-state index in [9.17, 15) is 0 Å². The van der Waals surface area contributed by atoms with Crippen LogP contribution in [0.3, 0.4) is 0 Å². The third-order valence-electron chi connectivity index (χ3n) is 2.41. The van der Waals surface area contributed by atoms with Crippen molar-refractivity contribution in [3.8, 4) is 0 Å². The van der Waals surface area contributed by atoms with Crippen molar-refractivity contribution >= 4 is 0 Å². The molecule has 1 heterocycles. The third-order valence-corrected chi connectivity index (χ3v) is 2.41. The van der Waals surface area contributed by atoms with E-state index >= 15 is 0 Å². The molecule has 64 valence electrons. The summed E-state index contributed by atoms with van der Waals surface area (Å²) in [5.41, 5.74) is 0. The molecular weight excluding hydrogens is 138 g/mol. The van der Waals surface area contributed by atoms with Crippen LogP contribution in [0, 0.1) is 0 Å². The molecule has 0 N–H and O–H groups in total. The van der Waals surface area contributed by atoms with Gasteiger partial charge in [0.15, 0.2) is 0 Å². The number of hydrogen-bond donors (Lipinski definition) is 0. The van der Waals surface area contributed by atoms with E-state index in [1.54, 1.807) is 0 Å². The molecule has 1 rings (SSSR count). The van der Waals surface area contributed by atoms with Gasteiger partial charge in [-0.2, -0.15) is 0 Å². The summed E-state index contributed by atoms with van der Waals surface area (Å²) in [4.78, 5) is 2.33. The fraction of sp³-hybridized carbons (Fsp3) is 0.778. The molecule has 2 nitrogen and oxygen atoms in total. The topological polar surface area (TPSA) is 12.5 Å². The predicted octanol–water partition coefficient (Wildman–Crippen LogP) is 1.63. The third kappa shape index (κ3) is 2.22. The van der Waals surface area contributed by atoms with Gasteiger partial charge in [-0.05, 0) is 33.4 Å². The summed E-state index contributed by atoms with van der Waals surface area (Å²) in [7, 11) is 2.14. The van der Waals surface area contributed by atoms with Crippen molar-refractivity contribution in [1.29, 1.82) is 0 Å². The SMILES string of the molecule is CC1OC=CCCN(C)C1C. The summed E-state index contributed by atoms with van der Waals surface area (Å²) in [6.45, 7) is 5.44. The molecule has 2 heteroatoms. The van der Waals surface area contributed by atoms with Gasteiger partial charge < -0.3 is 4.74 Å². The van der Waals surface area contributed by atoms with Crippen LogP contribution >= 0.6 is 0 Å². The first kappa shape index (κ1) is 8.60. The molecule has 0 aromatic carbocycles. The Labute approximate surface area is 68.8 Å². The first-order valence-corrected chi connectivity index (χ1v) is 4.22. The summed E-state index contributed by atoms with van der Waals surface area (Å²) >= 11 is 0. The average Bonchev–Trinajstić information content (AvgIpc) is 2.00. The molecule has 1 aliphatic heterocycles. The lowest BCUT2D eigenvalue weighted by atomic mass is 10.1. The van der Waals surface area contributed by atoms with Gasteiger partial charge in [0.1, 0.15) is 6.10 Å². The Kier molecular flexibility index (Phi) is 2.94. The second kappa shape index (κ2) is 3.77. The van der Waals surface area contributed by atoms with Gasteiger partial charge >= 0.3 is 0 Å². The highest BCUT2D eigenvalue weighted by Gasteiger charge is 2.17. The minimum Gasteiger partial charge on any atom is -0.497 e. The van der Waals surface area contributed by atoms with Crippen LogP contribution in [0.1, 0.15) is 20.3 Å². The lowest BCUT2D eigenvalue weighted by molar-refractivity contribution is 0.0650. The van der Waals surface area contributed by atoms with Gasteiger partial charge in [0.2, 0.25) is 0 Å². The summed E-state index contributed by atoms with van der Waals surface area (Å²) in [5.74, 6) is 0. The summed E-state index contributed by atoms with van der Waals surface area (Å²) in [6.07, 6.45) is 5.30. The molecule has 0 radical (unpaired) electrons. The maximum atomic E-state index is 5.44. The van der Waals surface area contributed by atoms with E-state index in [0.29, 0.717) is 12.1 Å². The van der Waals surface area contributed by atoms with Crippen molar-refractivity contribution in [2.75, 3.05) is 13.6 Å². The van der Waals surface area contributed by atoms with Crippen molar-refractivity contribution in [2.45, 2.75) is 32.4 Å². The predicted molar refractivity (Wildman–Crippen MR) is 46.4 cm³/mol. The molecular formula is C9H17NO. The normalized spacial score (nSPS) is 34.1. The molecule has 0 aromatic heterocycles. The molecule has 0 aliphatic carbocycles. The van der Waals surface area contributed by atoms with Crippen LogP contribution < -0.4 is 0 Å². The van der Waals surface area contributed by atoms with E-state index in [0.717, 1.165) is 13.0 Å². The minimum atomic E-state index is 0.302. The van der Waals surface area contributed by atoms with Gasteiger partial charge in [-0.25, -0.2) is 0 Å². The Morgan fingerprint density at radius 3 is 2.91 bits per heavy atom. The van der Waals surface area contributed by atoms with Crippen molar-refractivity contribution in [1.82, 2.24) is 4.90 Å².